The van der Waals surface area contributed by atoms with Crippen LogP contribution < -0.4 is 0 Å². The van der Waals surface area contributed by atoms with Gasteiger partial charge in [0.05, 0.1) is 5.56 Å². The van der Waals surface area contributed by atoms with E-state index in [1.165, 1.54) is 6.20 Å². The molecule has 0 amide bonds. The van der Waals surface area contributed by atoms with E-state index >= 15 is 0 Å². The summed E-state index contributed by atoms with van der Waals surface area (Å²) in [5.41, 5.74) is 1.15. The van der Waals surface area contributed by atoms with Crippen LogP contribution in [0.3, 0.4) is 0 Å². The number of hydrogen-bond donors (Lipinski definition) is 1. The topological polar surface area (TPSA) is 50.2 Å². The SMILES string of the molecule is CCSCc1ccncc1C(=O)O. The van der Waals surface area contributed by atoms with Gasteiger partial charge in [0.25, 0.3) is 0 Å². The lowest BCUT2D eigenvalue weighted by Gasteiger charge is -2.02. The molecule has 1 heterocycles. The average Bonchev–Trinajstić information content (AvgIpc) is 2.15. The highest BCUT2D eigenvalue weighted by Crippen LogP contribution is 2.15. The second kappa shape index (κ2) is 4.87. The lowest BCUT2D eigenvalue weighted by atomic mass is 10.2. The summed E-state index contributed by atoms with van der Waals surface area (Å²) in [4.78, 5) is 14.5. The molecule has 1 aromatic rings. The van der Waals surface area contributed by atoms with Gasteiger partial charge in [0, 0.05) is 18.1 Å². The summed E-state index contributed by atoms with van der Waals surface area (Å²) in [6, 6.07) is 1.76. The van der Waals surface area contributed by atoms with Crippen molar-refractivity contribution in [1.29, 1.82) is 0 Å². The number of pyridine rings is 1. The second-order valence-electron chi connectivity index (χ2n) is 2.48. The Morgan fingerprint density at radius 2 is 2.46 bits per heavy atom. The van der Waals surface area contributed by atoms with Gasteiger partial charge >= 0.3 is 5.97 Å². The van der Waals surface area contributed by atoms with Crippen molar-refractivity contribution in [3.05, 3.63) is 29.6 Å². The van der Waals surface area contributed by atoms with Gasteiger partial charge < -0.3 is 5.11 Å². The molecule has 70 valence electrons. The van der Waals surface area contributed by atoms with Crippen molar-refractivity contribution in [2.75, 3.05) is 5.75 Å². The molecule has 1 N–H and O–H groups in total. The molecule has 0 aliphatic rings. The van der Waals surface area contributed by atoms with Crippen molar-refractivity contribution in [2.45, 2.75) is 12.7 Å². The maximum Gasteiger partial charge on any atom is 0.337 e. The zero-order valence-corrected chi connectivity index (χ0v) is 8.17. The predicted octanol–water partition coefficient (Wildman–Crippen LogP) is 2.03. The van der Waals surface area contributed by atoms with Gasteiger partial charge in [0.2, 0.25) is 0 Å². The van der Waals surface area contributed by atoms with E-state index in [9.17, 15) is 4.79 Å². The Labute approximate surface area is 81.2 Å². The summed E-state index contributed by atoms with van der Waals surface area (Å²) in [6.07, 6.45) is 3.02. The van der Waals surface area contributed by atoms with Crippen LogP contribution in [0.25, 0.3) is 0 Å². The van der Waals surface area contributed by atoms with Crippen molar-refractivity contribution in [2.24, 2.45) is 0 Å². The minimum Gasteiger partial charge on any atom is -0.478 e. The lowest BCUT2D eigenvalue weighted by molar-refractivity contribution is 0.0695. The van der Waals surface area contributed by atoms with E-state index < -0.39 is 5.97 Å². The quantitative estimate of drug-likeness (QED) is 0.802. The number of thioether (sulfide) groups is 1. The third-order valence-electron chi connectivity index (χ3n) is 1.60. The van der Waals surface area contributed by atoms with E-state index in [1.54, 1.807) is 24.0 Å². The van der Waals surface area contributed by atoms with Crippen LogP contribution in [0.5, 0.6) is 0 Å². The third kappa shape index (κ3) is 2.73. The fraction of sp³-hybridized carbons (Fsp3) is 0.333. The zero-order valence-electron chi connectivity index (χ0n) is 7.36. The molecule has 0 unspecified atom stereocenters. The number of carbonyl (C=O) groups is 1. The van der Waals surface area contributed by atoms with E-state index in [1.807, 2.05) is 6.92 Å². The Bertz CT molecular complexity index is 301. The molecule has 3 nitrogen and oxygen atoms in total. The maximum absolute atomic E-state index is 10.7. The van der Waals surface area contributed by atoms with E-state index in [0.717, 1.165) is 17.1 Å². The molecular weight excluding hydrogens is 186 g/mol. The Balaban J connectivity index is 2.84. The van der Waals surface area contributed by atoms with Crippen molar-refractivity contribution in [3.63, 3.8) is 0 Å². The highest BCUT2D eigenvalue weighted by molar-refractivity contribution is 7.98. The summed E-state index contributed by atoms with van der Waals surface area (Å²) in [5, 5.41) is 8.82. The normalized spacial score (nSPS) is 9.92. The summed E-state index contributed by atoms with van der Waals surface area (Å²) in [6.45, 7) is 2.05. The minimum absolute atomic E-state index is 0.309. The highest BCUT2D eigenvalue weighted by atomic mass is 32.2. The first-order valence-corrected chi connectivity index (χ1v) is 5.15. The number of carboxylic acids is 1. The van der Waals surface area contributed by atoms with Crippen LogP contribution in [0, 0.1) is 0 Å². The molecule has 0 aliphatic carbocycles. The number of aromatic nitrogens is 1. The van der Waals surface area contributed by atoms with Crippen LogP contribution in [0.1, 0.15) is 22.8 Å². The monoisotopic (exact) mass is 197 g/mol. The van der Waals surface area contributed by atoms with Gasteiger partial charge in [-0.25, -0.2) is 4.79 Å². The van der Waals surface area contributed by atoms with Gasteiger partial charge in [-0.3, -0.25) is 4.98 Å². The summed E-state index contributed by atoms with van der Waals surface area (Å²) >= 11 is 1.70. The molecule has 1 aromatic heterocycles. The van der Waals surface area contributed by atoms with E-state index in [-0.39, 0.29) is 0 Å². The molecule has 0 aliphatic heterocycles. The first kappa shape index (κ1) is 10.1. The standard InChI is InChI=1S/C9H11NO2S/c1-2-13-6-7-3-4-10-5-8(7)9(11)12/h3-5H,2,6H2,1H3,(H,11,12). The first-order valence-electron chi connectivity index (χ1n) is 3.99. The van der Waals surface area contributed by atoms with Gasteiger partial charge in [-0.15, -0.1) is 0 Å². The van der Waals surface area contributed by atoms with Crippen molar-refractivity contribution >= 4 is 17.7 Å². The van der Waals surface area contributed by atoms with Crippen LogP contribution in [-0.4, -0.2) is 21.8 Å². The fourth-order valence-electron chi connectivity index (χ4n) is 0.954. The summed E-state index contributed by atoms with van der Waals surface area (Å²) in [7, 11) is 0. The van der Waals surface area contributed by atoms with Gasteiger partial charge in [-0.1, -0.05) is 6.92 Å². The number of carboxylic acid groups (broad SMARTS) is 1. The average molecular weight is 197 g/mol. The molecule has 0 bridgehead atoms. The predicted molar refractivity (Wildman–Crippen MR) is 53.0 cm³/mol. The van der Waals surface area contributed by atoms with Gasteiger partial charge in [0.1, 0.15) is 0 Å². The number of aromatic carboxylic acids is 1. The van der Waals surface area contributed by atoms with Crippen LogP contribution >= 0.6 is 11.8 Å². The van der Waals surface area contributed by atoms with Crippen molar-refractivity contribution < 1.29 is 9.90 Å². The van der Waals surface area contributed by atoms with Crippen molar-refractivity contribution in [3.8, 4) is 0 Å². The first-order chi connectivity index (χ1) is 6.25. The Morgan fingerprint density at radius 1 is 1.69 bits per heavy atom. The largest absolute Gasteiger partial charge is 0.478 e. The summed E-state index contributed by atoms with van der Waals surface area (Å²) < 4.78 is 0. The highest BCUT2D eigenvalue weighted by Gasteiger charge is 2.08. The molecule has 4 heteroatoms. The minimum atomic E-state index is -0.903. The van der Waals surface area contributed by atoms with E-state index in [4.69, 9.17) is 5.11 Å². The second-order valence-corrected chi connectivity index (χ2v) is 3.75. The van der Waals surface area contributed by atoms with Gasteiger partial charge in [-0.05, 0) is 17.4 Å². The number of rotatable bonds is 4. The molecule has 0 spiro atoms. The van der Waals surface area contributed by atoms with Crippen molar-refractivity contribution in [1.82, 2.24) is 4.98 Å². The Hall–Kier alpha value is -1.03. The molecule has 0 saturated carbocycles. The number of nitrogens with zero attached hydrogens (tertiary/aromatic N) is 1. The fourth-order valence-corrected chi connectivity index (χ4v) is 1.63. The molecule has 0 saturated heterocycles. The molecular formula is C9H11NO2S. The smallest absolute Gasteiger partial charge is 0.337 e. The van der Waals surface area contributed by atoms with Gasteiger partial charge in [-0.2, -0.15) is 11.8 Å². The summed E-state index contributed by atoms with van der Waals surface area (Å²) in [5.74, 6) is 0.821. The van der Waals surface area contributed by atoms with E-state index in [0.29, 0.717) is 5.56 Å². The zero-order chi connectivity index (χ0) is 9.68. The lowest BCUT2D eigenvalue weighted by Crippen LogP contribution is -2.02. The molecule has 0 atom stereocenters. The third-order valence-corrected chi connectivity index (χ3v) is 2.53. The van der Waals surface area contributed by atoms with Crippen LogP contribution in [-0.2, 0) is 5.75 Å². The van der Waals surface area contributed by atoms with Crippen LogP contribution in [0.2, 0.25) is 0 Å². The van der Waals surface area contributed by atoms with Crippen LogP contribution in [0.15, 0.2) is 18.5 Å². The molecule has 0 fully saturated rings. The Morgan fingerprint density at radius 3 is 3.08 bits per heavy atom. The van der Waals surface area contributed by atoms with E-state index in [2.05, 4.69) is 4.98 Å². The molecule has 0 radical (unpaired) electrons. The Kier molecular flexibility index (Phi) is 3.76. The molecule has 0 aromatic carbocycles. The molecule has 1 rings (SSSR count). The van der Waals surface area contributed by atoms with Crippen LogP contribution in [0.4, 0.5) is 0 Å². The molecule has 13 heavy (non-hydrogen) atoms. The van der Waals surface area contributed by atoms with Gasteiger partial charge in [0.15, 0.2) is 0 Å². The maximum atomic E-state index is 10.7. The number of hydrogen-bond acceptors (Lipinski definition) is 3.